The van der Waals surface area contributed by atoms with Gasteiger partial charge in [0.05, 0.1) is 4.92 Å². The van der Waals surface area contributed by atoms with Crippen molar-refractivity contribution in [1.29, 1.82) is 0 Å². The van der Waals surface area contributed by atoms with E-state index in [0.29, 0.717) is 6.54 Å². The van der Waals surface area contributed by atoms with E-state index in [4.69, 9.17) is 11.6 Å². The maximum Gasteiger partial charge on any atom is 0.329 e. The Morgan fingerprint density at radius 1 is 1.50 bits per heavy atom. The van der Waals surface area contributed by atoms with Crippen LogP contribution in [0.15, 0.2) is 6.20 Å². The topological polar surface area (TPSA) is 84.2 Å². The highest BCUT2D eigenvalue weighted by Crippen LogP contribution is 2.34. The Kier molecular flexibility index (Phi) is 4.39. The maximum atomic E-state index is 11.0. The molecule has 8 heteroatoms. The third-order valence-electron chi connectivity index (χ3n) is 4.00. The molecule has 1 heterocycles. The molecule has 1 aliphatic carbocycles. The zero-order valence-corrected chi connectivity index (χ0v) is 12.4. The second-order valence-corrected chi connectivity index (χ2v) is 5.65. The predicted molar refractivity (Wildman–Crippen MR) is 77.1 cm³/mol. The van der Waals surface area contributed by atoms with Crippen LogP contribution in [0, 0.1) is 10.1 Å². The Labute approximate surface area is 122 Å². The van der Waals surface area contributed by atoms with Gasteiger partial charge in [-0.05, 0) is 38.5 Å². The van der Waals surface area contributed by atoms with Crippen LogP contribution < -0.4 is 5.32 Å². The normalized spacial score (nSPS) is 17.4. The quantitative estimate of drug-likeness (QED) is 0.510. The van der Waals surface area contributed by atoms with Gasteiger partial charge in [0.2, 0.25) is 11.1 Å². The summed E-state index contributed by atoms with van der Waals surface area (Å²) in [7, 11) is 4.07. The number of nitrogens with zero attached hydrogens (tertiary/aromatic N) is 4. The van der Waals surface area contributed by atoms with Crippen molar-refractivity contribution in [2.75, 3.05) is 26.0 Å². The van der Waals surface area contributed by atoms with Crippen LogP contribution in [0.5, 0.6) is 0 Å². The molecule has 1 saturated carbocycles. The summed E-state index contributed by atoms with van der Waals surface area (Å²) in [6.07, 6.45) is 5.62. The first-order valence-electron chi connectivity index (χ1n) is 6.53. The van der Waals surface area contributed by atoms with E-state index in [0.717, 1.165) is 19.0 Å². The van der Waals surface area contributed by atoms with Gasteiger partial charge in [-0.1, -0.05) is 12.8 Å². The van der Waals surface area contributed by atoms with Crippen molar-refractivity contribution in [2.24, 2.45) is 0 Å². The first-order valence-corrected chi connectivity index (χ1v) is 6.91. The highest BCUT2D eigenvalue weighted by Gasteiger charge is 2.36. The number of halogens is 1. The van der Waals surface area contributed by atoms with Gasteiger partial charge in [0.1, 0.15) is 6.20 Å². The molecule has 1 aliphatic rings. The summed E-state index contributed by atoms with van der Waals surface area (Å²) in [5, 5.41) is 14.1. The molecule has 0 radical (unpaired) electrons. The predicted octanol–water partition coefficient (Wildman–Crippen LogP) is 2.32. The summed E-state index contributed by atoms with van der Waals surface area (Å²) in [4.78, 5) is 20.2. The van der Waals surface area contributed by atoms with Crippen LogP contribution in [0.2, 0.25) is 5.28 Å². The van der Waals surface area contributed by atoms with Crippen molar-refractivity contribution in [3.63, 3.8) is 0 Å². The number of anilines is 1. The van der Waals surface area contributed by atoms with Gasteiger partial charge in [-0.15, -0.1) is 0 Å². The molecule has 0 bridgehead atoms. The van der Waals surface area contributed by atoms with Crippen LogP contribution >= 0.6 is 11.6 Å². The third kappa shape index (κ3) is 2.99. The molecule has 2 rings (SSSR count). The van der Waals surface area contributed by atoms with Crippen LogP contribution in [0.4, 0.5) is 11.5 Å². The van der Waals surface area contributed by atoms with Crippen molar-refractivity contribution in [1.82, 2.24) is 14.9 Å². The van der Waals surface area contributed by atoms with Gasteiger partial charge in [-0.3, -0.25) is 10.1 Å². The summed E-state index contributed by atoms with van der Waals surface area (Å²) < 4.78 is 0. The van der Waals surface area contributed by atoms with Crippen LogP contribution in [0.1, 0.15) is 25.7 Å². The van der Waals surface area contributed by atoms with E-state index in [1.54, 1.807) is 0 Å². The summed E-state index contributed by atoms with van der Waals surface area (Å²) >= 11 is 5.72. The van der Waals surface area contributed by atoms with Crippen LogP contribution in [-0.2, 0) is 0 Å². The van der Waals surface area contributed by atoms with Gasteiger partial charge in [-0.2, -0.15) is 4.98 Å². The highest BCUT2D eigenvalue weighted by molar-refractivity contribution is 6.28. The summed E-state index contributed by atoms with van der Waals surface area (Å²) in [6.45, 7) is 0.605. The van der Waals surface area contributed by atoms with E-state index in [9.17, 15) is 10.1 Å². The molecule has 0 saturated heterocycles. The molecule has 0 aromatic carbocycles. The minimum atomic E-state index is -0.504. The number of hydrogen-bond acceptors (Lipinski definition) is 6. The molecule has 0 unspecified atom stereocenters. The molecule has 0 atom stereocenters. The smallest absolute Gasteiger partial charge is 0.329 e. The lowest BCUT2D eigenvalue weighted by Gasteiger charge is -2.36. The Bertz CT molecular complexity index is 503. The first kappa shape index (κ1) is 14.9. The summed E-state index contributed by atoms with van der Waals surface area (Å²) in [6, 6.07) is 0. The molecule has 7 nitrogen and oxygen atoms in total. The van der Waals surface area contributed by atoms with Gasteiger partial charge in [0, 0.05) is 12.1 Å². The monoisotopic (exact) mass is 299 g/mol. The van der Waals surface area contributed by atoms with Gasteiger partial charge < -0.3 is 10.2 Å². The van der Waals surface area contributed by atoms with E-state index in [1.807, 2.05) is 14.1 Å². The largest absolute Gasteiger partial charge is 0.362 e. The molecule has 1 aromatic rings. The lowest BCUT2D eigenvalue weighted by atomic mass is 9.96. The van der Waals surface area contributed by atoms with E-state index in [-0.39, 0.29) is 22.3 Å². The SMILES string of the molecule is CN(C)C1(CNc2nc(Cl)ncc2[N+](=O)[O-])CCCC1. The summed E-state index contributed by atoms with van der Waals surface area (Å²) in [5.74, 6) is 0.183. The lowest BCUT2D eigenvalue weighted by molar-refractivity contribution is -0.384. The third-order valence-corrected chi connectivity index (χ3v) is 4.19. The molecule has 110 valence electrons. The fourth-order valence-corrected chi connectivity index (χ4v) is 2.81. The van der Waals surface area contributed by atoms with E-state index < -0.39 is 4.92 Å². The van der Waals surface area contributed by atoms with Crippen molar-refractivity contribution < 1.29 is 4.92 Å². The van der Waals surface area contributed by atoms with Gasteiger partial charge in [0.15, 0.2) is 0 Å². The highest BCUT2D eigenvalue weighted by atomic mass is 35.5. The molecule has 0 spiro atoms. The Balaban J connectivity index is 2.17. The molecule has 20 heavy (non-hydrogen) atoms. The number of nitrogens with one attached hydrogen (secondary N) is 1. The van der Waals surface area contributed by atoms with Gasteiger partial charge >= 0.3 is 5.69 Å². The lowest BCUT2D eigenvalue weighted by Crippen LogP contribution is -2.47. The average Bonchev–Trinajstić information content (AvgIpc) is 2.86. The summed E-state index contributed by atoms with van der Waals surface area (Å²) in [5.41, 5.74) is -0.132. The van der Waals surface area contributed by atoms with Crippen LogP contribution in [0.25, 0.3) is 0 Å². The zero-order chi connectivity index (χ0) is 14.8. The average molecular weight is 300 g/mol. The molecule has 1 aromatic heterocycles. The first-order chi connectivity index (χ1) is 9.44. The maximum absolute atomic E-state index is 11.0. The zero-order valence-electron chi connectivity index (χ0n) is 11.6. The molecule has 1 N–H and O–H groups in total. The number of nitro groups is 1. The second kappa shape index (κ2) is 5.88. The molecular formula is C12H18ClN5O2. The van der Waals surface area contributed by atoms with Crippen LogP contribution in [-0.4, -0.2) is 46.0 Å². The Morgan fingerprint density at radius 2 is 2.15 bits per heavy atom. The minimum Gasteiger partial charge on any atom is -0.362 e. The fourth-order valence-electron chi connectivity index (χ4n) is 2.68. The molecular weight excluding hydrogens is 282 g/mol. The van der Waals surface area contributed by atoms with Crippen molar-refractivity contribution in [3.8, 4) is 0 Å². The standard InChI is InChI=1S/C12H18ClN5O2/c1-17(2)12(5-3-4-6-12)8-15-10-9(18(19)20)7-14-11(13)16-10/h7H,3-6,8H2,1-2H3,(H,14,15,16). The van der Waals surface area contributed by atoms with Crippen molar-refractivity contribution >= 4 is 23.1 Å². The molecule has 0 aliphatic heterocycles. The Morgan fingerprint density at radius 3 is 2.70 bits per heavy atom. The van der Waals surface area contributed by atoms with Crippen molar-refractivity contribution in [3.05, 3.63) is 21.6 Å². The van der Waals surface area contributed by atoms with E-state index in [1.165, 1.54) is 12.8 Å². The second-order valence-electron chi connectivity index (χ2n) is 5.31. The van der Waals surface area contributed by atoms with Crippen molar-refractivity contribution in [2.45, 2.75) is 31.2 Å². The number of aromatic nitrogens is 2. The fraction of sp³-hybridized carbons (Fsp3) is 0.667. The van der Waals surface area contributed by atoms with Gasteiger partial charge in [-0.25, -0.2) is 4.98 Å². The minimum absolute atomic E-state index is 0.00317. The molecule has 0 amide bonds. The number of hydrogen-bond donors (Lipinski definition) is 1. The van der Waals surface area contributed by atoms with E-state index >= 15 is 0 Å². The van der Waals surface area contributed by atoms with Gasteiger partial charge in [0.25, 0.3) is 0 Å². The van der Waals surface area contributed by atoms with E-state index in [2.05, 4.69) is 20.2 Å². The molecule has 1 fully saturated rings. The number of likely N-dealkylation sites (N-methyl/N-ethyl adjacent to an activating group) is 1. The number of rotatable bonds is 5. The Hall–Kier alpha value is -1.47. The van der Waals surface area contributed by atoms with Crippen LogP contribution in [0.3, 0.4) is 0 Å².